The summed E-state index contributed by atoms with van der Waals surface area (Å²) in [5.74, 6) is 2.24. The summed E-state index contributed by atoms with van der Waals surface area (Å²) < 4.78 is 16.5. The molecule has 0 aliphatic rings. The van der Waals surface area contributed by atoms with Crippen molar-refractivity contribution in [1.82, 2.24) is 0 Å². The van der Waals surface area contributed by atoms with E-state index in [0.717, 1.165) is 56.3 Å². The topological polar surface area (TPSA) is 76.2 Å². The second-order valence-corrected chi connectivity index (χ2v) is 11.4. The molecule has 43 heavy (non-hydrogen) atoms. The Morgan fingerprint density at radius 1 is 0.767 bits per heavy atom. The predicted molar refractivity (Wildman–Crippen MR) is 180 cm³/mol. The van der Waals surface area contributed by atoms with E-state index in [-0.39, 0.29) is 18.4 Å². The Morgan fingerprint density at radius 2 is 1.42 bits per heavy atom. The largest absolute Gasteiger partial charge is 0.497 e. The van der Waals surface area contributed by atoms with Gasteiger partial charge in [-0.15, -0.1) is 12.4 Å². The van der Waals surface area contributed by atoms with Gasteiger partial charge in [0.05, 0.1) is 38.9 Å². The van der Waals surface area contributed by atoms with Crippen molar-refractivity contribution in [2.75, 3.05) is 28.4 Å². The van der Waals surface area contributed by atoms with E-state index >= 15 is 0 Å². The number of nitrogens with zero attached hydrogens (tertiary/aromatic N) is 3. The van der Waals surface area contributed by atoms with Crippen LogP contribution in [0.3, 0.4) is 0 Å². The molecule has 0 radical (unpaired) electrons. The van der Waals surface area contributed by atoms with Gasteiger partial charge in [-0.1, -0.05) is 89.3 Å². The van der Waals surface area contributed by atoms with Crippen LogP contribution in [-0.2, 0) is 11.8 Å². The van der Waals surface area contributed by atoms with E-state index in [1.807, 2.05) is 30.3 Å². The summed E-state index contributed by atoms with van der Waals surface area (Å²) in [5.41, 5.74) is 1.69. The number of methoxy groups -OCH3 is 3. The van der Waals surface area contributed by atoms with Gasteiger partial charge in [0.1, 0.15) is 5.75 Å². The SMILES string of the molecule is CCCCCCCCCCCCC(C#N)(CCCC(CCc1cccc(OC)c1)/N=N/C)c1ccc(OC)c(OC)c1.Cl. The second-order valence-electron chi connectivity index (χ2n) is 11.4. The van der Waals surface area contributed by atoms with E-state index in [9.17, 15) is 5.26 Å². The van der Waals surface area contributed by atoms with Crippen LogP contribution in [0.15, 0.2) is 52.7 Å². The zero-order valence-electron chi connectivity index (χ0n) is 27.4. The normalized spacial score (nSPS) is 13.1. The highest BCUT2D eigenvalue weighted by molar-refractivity contribution is 5.85. The number of halogens is 1. The summed E-state index contributed by atoms with van der Waals surface area (Å²) in [6.45, 7) is 2.27. The fraction of sp³-hybridized carbons (Fsp3) is 0.639. The molecule has 0 aliphatic carbocycles. The summed E-state index contributed by atoms with van der Waals surface area (Å²) in [6, 6.07) is 17.1. The Labute approximate surface area is 268 Å². The molecular weight excluding hydrogens is 558 g/mol. The van der Waals surface area contributed by atoms with E-state index in [2.05, 4.69) is 35.4 Å². The third-order valence-electron chi connectivity index (χ3n) is 8.43. The molecule has 0 fully saturated rings. The maximum absolute atomic E-state index is 10.7. The molecule has 0 amide bonds. The van der Waals surface area contributed by atoms with Crippen LogP contribution in [0.4, 0.5) is 0 Å². The minimum absolute atomic E-state index is 0. The third kappa shape index (κ3) is 13.6. The summed E-state index contributed by atoms with van der Waals surface area (Å²) >= 11 is 0. The molecule has 0 saturated carbocycles. The van der Waals surface area contributed by atoms with Crippen molar-refractivity contribution in [1.29, 1.82) is 5.26 Å². The first kappa shape index (κ1) is 38.2. The Balaban J connectivity index is 0.00000924. The lowest BCUT2D eigenvalue weighted by atomic mass is 9.73. The first-order chi connectivity index (χ1) is 20.5. The quantitative estimate of drug-likeness (QED) is 0.0922. The van der Waals surface area contributed by atoms with Crippen LogP contribution in [-0.4, -0.2) is 34.4 Å². The van der Waals surface area contributed by atoms with E-state index < -0.39 is 5.41 Å². The maximum atomic E-state index is 10.7. The first-order valence-electron chi connectivity index (χ1n) is 16.1. The highest BCUT2D eigenvalue weighted by Gasteiger charge is 2.32. The van der Waals surface area contributed by atoms with Crippen molar-refractivity contribution in [3.05, 3.63) is 53.6 Å². The predicted octanol–water partition coefficient (Wildman–Crippen LogP) is 10.5. The van der Waals surface area contributed by atoms with E-state index in [0.29, 0.717) is 11.5 Å². The Morgan fingerprint density at radius 3 is 2.02 bits per heavy atom. The van der Waals surface area contributed by atoms with Crippen molar-refractivity contribution < 1.29 is 14.2 Å². The molecule has 0 spiro atoms. The first-order valence-corrected chi connectivity index (χ1v) is 16.1. The third-order valence-corrected chi connectivity index (χ3v) is 8.43. The van der Waals surface area contributed by atoms with Gasteiger partial charge in [-0.25, -0.2) is 0 Å². The molecule has 0 aliphatic heterocycles. The van der Waals surface area contributed by atoms with Gasteiger partial charge >= 0.3 is 0 Å². The van der Waals surface area contributed by atoms with Crippen LogP contribution in [0.2, 0.25) is 0 Å². The summed E-state index contributed by atoms with van der Waals surface area (Å²) in [6.07, 6.45) is 18.1. The molecule has 0 bridgehead atoms. The lowest BCUT2D eigenvalue weighted by molar-refractivity contribution is 0.351. The van der Waals surface area contributed by atoms with Crippen molar-refractivity contribution in [2.45, 2.75) is 121 Å². The average molecular weight is 614 g/mol. The highest BCUT2D eigenvalue weighted by Crippen LogP contribution is 2.40. The average Bonchev–Trinajstić information content (AvgIpc) is 3.03. The van der Waals surface area contributed by atoms with Gasteiger partial charge in [-0.05, 0) is 73.9 Å². The molecule has 0 aromatic heterocycles. The molecule has 0 saturated heterocycles. The summed E-state index contributed by atoms with van der Waals surface area (Å²) in [5, 5.41) is 19.3. The van der Waals surface area contributed by atoms with Gasteiger partial charge in [-0.3, -0.25) is 0 Å². The second kappa shape index (κ2) is 22.7. The number of rotatable bonds is 23. The number of aryl methyl sites for hydroxylation is 1. The molecule has 2 unspecified atom stereocenters. The highest BCUT2D eigenvalue weighted by atomic mass is 35.5. The summed E-state index contributed by atoms with van der Waals surface area (Å²) in [7, 11) is 6.74. The smallest absolute Gasteiger partial charge is 0.161 e. The van der Waals surface area contributed by atoms with Crippen LogP contribution in [0, 0.1) is 11.3 Å². The van der Waals surface area contributed by atoms with Gasteiger partial charge in [0.25, 0.3) is 0 Å². The van der Waals surface area contributed by atoms with Crippen LogP contribution >= 0.6 is 12.4 Å². The van der Waals surface area contributed by atoms with E-state index in [1.165, 1.54) is 63.4 Å². The molecule has 6 nitrogen and oxygen atoms in total. The lowest BCUT2D eigenvalue weighted by Crippen LogP contribution is -2.25. The fourth-order valence-corrected chi connectivity index (χ4v) is 5.86. The van der Waals surface area contributed by atoms with Crippen molar-refractivity contribution in [3.63, 3.8) is 0 Å². The summed E-state index contributed by atoms with van der Waals surface area (Å²) in [4.78, 5) is 0. The van der Waals surface area contributed by atoms with Crippen molar-refractivity contribution >= 4 is 12.4 Å². The number of ether oxygens (including phenoxy) is 3. The molecule has 0 heterocycles. The lowest BCUT2D eigenvalue weighted by Gasteiger charge is -2.28. The molecule has 2 aromatic rings. The number of hydrogen-bond donors (Lipinski definition) is 0. The fourth-order valence-electron chi connectivity index (χ4n) is 5.86. The minimum atomic E-state index is -0.569. The van der Waals surface area contributed by atoms with Crippen LogP contribution in [0.5, 0.6) is 17.2 Å². The Kier molecular flexibility index (Phi) is 20.2. The van der Waals surface area contributed by atoms with Crippen molar-refractivity contribution in [2.24, 2.45) is 10.2 Å². The Hall–Kier alpha value is -2.78. The van der Waals surface area contributed by atoms with Gasteiger partial charge in [0.2, 0.25) is 0 Å². The molecule has 7 heteroatoms. The zero-order valence-corrected chi connectivity index (χ0v) is 28.2. The zero-order chi connectivity index (χ0) is 30.5. The molecule has 0 N–H and O–H groups in total. The minimum Gasteiger partial charge on any atom is -0.497 e. The monoisotopic (exact) mass is 613 g/mol. The van der Waals surface area contributed by atoms with Gasteiger partial charge in [0.15, 0.2) is 11.5 Å². The molecular formula is C36H56ClN3O3. The van der Waals surface area contributed by atoms with E-state index in [1.54, 1.807) is 28.4 Å². The Bertz CT molecular complexity index is 1090. The van der Waals surface area contributed by atoms with Crippen LogP contribution in [0.1, 0.15) is 114 Å². The standard InChI is InChI=1S/C36H55N3O3.ClH/c1-6-7-8-9-10-11-12-13-14-15-25-36(29-37,31-22-24-34(41-4)35(28-31)42-5)26-17-19-32(39-38-2)23-21-30-18-16-20-33(27-30)40-3;/h16,18,20,22,24,27-28,32H,6-15,17,19,21,23,25-26H2,1-5H3;1H/b39-38+;. The van der Waals surface area contributed by atoms with Gasteiger partial charge < -0.3 is 14.2 Å². The molecule has 2 aromatic carbocycles. The number of unbranched alkanes of at least 4 members (excludes halogenated alkanes) is 9. The molecule has 240 valence electrons. The maximum Gasteiger partial charge on any atom is 0.161 e. The van der Waals surface area contributed by atoms with Crippen molar-refractivity contribution in [3.8, 4) is 23.3 Å². The van der Waals surface area contributed by atoms with E-state index in [4.69, 9.17) is 14.2 Å². The van der Waals surface area contributed by atoms with Crippen LogP contribution in [0.25, 0.3) is 0 Å². The molecule has 2 rings (SSSR count). The number of nitriles is 1. The number of hydrogen-bond acceptors (Lipinski definition) is 6. The van der Waals surface area contributed by atoms with Crippen LogP contribution < -0.4 is 14.2 Å². The molecule has 2 atom stereocenters. The van der Waals surface area contributed by atoms with Gasteiger partial charge in [0, 0.05) is 7.05 Å². The number of benzene rings is 2. The number of azo groups is 1. The van der Waals surface area contributed by atoms with Gasteiger partial charge in [-0.2, -0.15) is 15.5 Å².